The van der Waals surface area contributed by atoms with Crippen LogP contribution < -0.4 is 27.4 Å². The number of thiol groups is 1. The Balaban J connectivity index is 2.88. The van der Waals surface area contributed by atoms with Crippen molar-refractivity contribution in [3.8, 4) is 0 Å². The van der Waals surface area contributed by atoms with Crippen molar-refractivity contribution < 1.29 is 39.0 Å². The number of carbonyl (C=O) groups excluding carboxylic acids is 5. The first-order valence-corrected chi connectivity index (χ1v) is 13.2. The van der Waals surface area contributed by atoms with Gasteiger partial charge in [-0.1, -0.05) is 0 Å². The molecular weight excluding hydrogens is 516 g/mol. The molecule has 14 nitrogen and oxygen atoms in total. The Morgan fingerprint density at radius 2 is 1.69 bits per heavy atom. The summed E-state index contributed by atoms with van der Waals surface area (Å²) in [6, 6.07) is -6.07. The maximum Gasteiger partial charge on any atom is 0.328 e. The molecule has 0 aromatic rings. The predicted molar refractivity (Wildman–Crippen MR) is 134 cm³/mol. The maximum absolute atomic E-state index is 12.9. The zero-order valence-corrected chi connectivity index (χ0v) is 21.6. The molecule has 5 atom stereocenters. The van der Waals surface area contributed by atoms with E-state index in [4.69, 9.17) is 21.7 Å². The van der Waals surface area contributed by atoms with E-state index in [0.717, 1.165) is 0 Å². The smallest absolute Gasteiger partial charge is 0.328 e. The summed E-state index contributed by atoms with van der Waals surface area (Å²) >= 11 is 5.61. The Bertz CT molecular complexity index is 832. The number of likely N-dealkylation sites (tertiary alicyclic amines) is 1. The fourth-order valence-electron chi connectivity index (χ4n) is 3.49. The second kappa shape index (κ2) is 15.5. The minimum absolute atomic E-state index is 0.190. The van der Waals surface area contributed by atoms with Crippen LogP contribution in [0.3, 0.4) is 0 Å². The fourth-order valence-corrected chi connectivity index (χ4v) is 4.23. The number of nitrogens with one attached hydrogen (secondary N) is 3. The number of nitrogens with zero attached hydrogens (tertiary/aromatic N) is 1. The van der Waals surface area contributed by atoms with Gasteiger partial charge in [0.2, 0.25) is 29.5 Å². The third kappa shape index (κ3) is 9.48. The second-order valence-electron chi connectivity index (χ2n) is 8.13. The van der Waals surface area contributed by atoms with Gasteiger partial charge in [0.25, 0.3) is 0 Å². The van der Waals surface area contributed by atoms with Crippen molar-refractivity contribution in [2.24, 2.45) is 11.5 Å². The number of carboxylic acid groups (broad SMARTS) is 1. The molecule has 1 aliphatic rings. The minimum atomic E-state index is -1.67. The molecule has 0 spiro atoms. The molecule has 1 rings (SSSR count). The van der Waals surface area contributed by atoms with Crippen LogP contribution >= 0.6 is 24.4 Å². The molecule has 0 saturated carbocycles. The Hall–Kier alpha value is -2.56. The van der Waals surface area contributed by atoms with Crippen molar-refractivity contribution in [2.75, 3.05) is 30.9 Å². The number of aliphatic hydroxyl groups is 1. The van der Waals surface area contributed by atoms with Gasteiger partial charge in [0.1, 0.15) is 24.2 Å². The molecule has 0 radical (unpaired) electrons. The highest BCUT2D eigenvalue weighted by atomic mass is 32.2. The van der Waals surface area contributed by atoms with Crippen molar-refractivity contribution in [1.29, 1.82) is 0 Å². The van der Waals surface area contributed by atoms with E-state index in [1.165, 1.54) is 4.90 Å². The summed E-state index contributed by atoms with van der Waals surface area (Å²) in [5.41, 5.74) is 11.1. The molecule has 0 aromatic carbocycles. The van der Waals surface area contributed by atoms with Crippen molar-refractivity contribution >= 4 is 59.9 Å². The van der Waals surface area contributed by atoms with E-state index >= 15 is 0 Å². The summed E-state index contributed by atoms with van der Waals surface area (Å²) in [7, 11) is 0. The van der Waals surface area contributed by atoms with Gasteiger partial charge in [-0.15, -0.1) is 0 Å². The van der Waals surface area contributed by atoms with E-state index < -0.39 is 72.8 Å². The lowest BCUT2D eigenvalue weighted by Crippen LogP contribution is -2.59. The average molecular weight is 551 g/mol. The molecule has 9 N–H and O–H groups in total. The molecule has 0 bridgehead atoms. The van der Waals surface area contributed by atoms with Crippen LogP contribution in [0.4, 0.5) is 0 Å². The molecular formula is C20H34N6O8S2. The lowest BCUT2D eigenvalue weighted by molar-refractivity contribution is -0.143. The number of aliphatic hydroxyl groups excluding tert-OH is 1. The van der Waals surface area contributed by atoms with Crippen LogP contribution in [-0.4, -0.2) is 112 Å². The van der Waals surface area contributed by atoms with Gasteiger partial charge in [0.15, 0.2) is 0 Å². The van der Waals surface area contributed by atoms with Gasteiger partial charge in [-0.3, -0.25) is 24.0 Å². The van der Waals surface area contributed by atoms with Crippen LogP contribution in [0.1, 0.15) is 25.7 Å². The molecule has 1 heterocycles. The molecule has 36 heavy (non-hydrogen) atoms. The highest BCUT2D eigenvalue weighted by molar-refractivity contribution is 7.98. The number of nitrogens with two attached hydrogens (primary N) is 2. The number of hydrogen-bond donors (Lipinski definition) is 8. The van der Waals surface area contributed by atoms with Crippen LogP contribution in [-0.2, 0) is 28.8 Å². The molecule has 1 saturated heterocycles. The lowest BCUT2D eigenvalue weighted by Gasteiger charge is -2.28. The SMILES string of the molecule is CSCC[C@H](N)C(=O)N1CCC[C@H]1C(=O)N[C@@H](CS)C(=O)N[C@@H](CC(N)=O)C(=O)N[C@@H](CO)C(=O)O. The number of amides is 5. The lowest BCUT2D eigenvalue weighted by atomic mass is 10.1. The number of hydrogen-bond acceptors (Lipinski definition) is 10. The van der Waals surface area contributed by atoms with Gasteiger partial charge < -0.3 is 42.5 Å². The van der Waals surface area contributed by atoms with Gasteiger partial charge >= 0.3 is 5.97 Å². The van der Waals surface area contributed by atoms with Crippen LogP contribution in [0.5, 0.6) is 0 Å². The third-order valence-corrected chi connectivity index (χ3v) is 6.45. The van der Waals surface area contributed by atoms with Gasteiger partial charge in [-0.25, -0.2) is 4.79 Å². The predicted octanol–water partition coefficient (Wildman–Crippen LogP) is -3.61. The fraction of sp³-hybridized carbons (Fsp3) is 0.700. The van der Waals surface area contributed by atoms with E-state index in [1.807, 2.05) is 11.6 Å². The van der Waals surface area contributed by atoms with E-state index in [9.17, 15) is 28.8 Å². The summed E-state index contributed by atoms with van der Waals surface area (Å²) in [4.78, 5) is 74.6. The van der Waals surface area contributed by atoms with Gasteiger partial charge in [-0.2, -0.15) is 24.4 Å². The molecule has 0 unspecified atom stereocenters. The average Bonchev–Trinajstić information content (AvgIpc) is 3.32. The normalized spacial score (nSPS) is 18.4. The number of carboxylic acids is 1. The third-order valence-electron chi connectivity index (χ3n) is 5.44. The monoisotopic (exact) mass is 550 g/mol. The van der Waals surface area contributed by atoms with Gasteiger partial charge in [-0.05, 0) is 31.3 Å². The molecule has 0 aliphatic carbocycles. The Kier molecular flexibility index (Phi) is 13.6. The number of aliphatic carboxylic acids is 1. The summed E-state index contributed by atoms with van der Waals surface area (Å²) in [5, 5.41) is 24.8. The summed E-state index contributed by atoms with van der Waals surface area (Å²) in [6.45, 7) is -0.580. The number of carbonyl (C=O) groups is 6. The minimum Gasteiger partial charge on any atom is -0.480 e. The summed E-state index contributed by atoms with van der Waals surface area (Å²) < 4.78 is 0. The number of primary amides is 1. The van der Waals surface area contributed by atoms with Crippen molar-refractivity contribution in [3.05, 3.63) is 0 Å². The Labute approximate surface area is 218 Å². The van der Waals surface area contributed by atoms with Gasteiger partial charge in [0.05, 0.1) is 19.1 Å². The van der Waals surface area contributed by atoms with E-state index in [0.29, 0.717) is 31.6 Å². The second-order valence-corrected chi connectivity index (χ2v) is 9.49. The number of rotatable bonds is 15. The first kappa shape index (κ1) is 31.5. The maximum atomic E-state index is 12.9. The molecule has 5 amide bonds. The van der Waals surface area contributed by atoms with Crippen LogP contribution in [0.25, 0.3) is 0 Å². The first-order valence-electron chi connectivity index (χ1n) is 11.2. The zero-order chi connectivity index (χ0) is 27.4. The molecule has 1 aliphatic heterocycles. The molecule has 16 heteroatoms. The topological polar surface area (TPSA) is 234 Å². The van der Waals surface area contributed by atoms with Crippen molar-refractivity contribution in [2.45, 2.75) is 55.9 Å². The molecule has 204 valence electrons. The largest absolute Gasteiger partial charge is 0.480 e. The standard InChI is InChI=1S/C20H34N6O8S2/c1-36-6-4-10(21)19(32)26-5-2-3-14(26)18(31)25-13(9-35)17(30)23-11(7-15(22)28)16(29)24-12(8-27)20(33)34/h10-14,27,35H,2-9,21H2,1H3,(H2,22,28)(H,23,30)(H,24,29)(H,25,31)(H,33,34)/t10-,11-,12-,13-,14-/m0/s1. The zero-order valence-electron chi connectivity index (χ0n) is 19.8. The molecule has 0 aromatic heterocycles. The number of thioether (sulfide) groups is 1. The Morgan fingerprint density at radius 3 is 2.22 bits per heavy atom. The quantitative estimate of drug-likeness (QED) is 0.0932. The van der Waals surface area contributed by atoms with E-state index in [1.54, 1.807) is 11.8 Å². The molecule has 1 fully saturated rings. The van der Waals surface area contributed by atoms with Crippen LogP contribution in [0, 0.1) is 0 Å². The van der Waals surface area contributed by atoms with E-state index in [2.05, 4.69) is 23.3 Å². The highest BCUT2D eigenvalue weighted by Gasteiger charge is 2.38. The highest BCUT2D eigenvalue weighted by Crippen LogP contribution is 2.19. The van der Waals surface area contributed by atoms with Crippen molar-refractivity contribution in [3.63, 3.8) is 0 Å². The van der Waals surface area contributed by atoms with Crippen LogP contribution in [0.15, 0.2) is 0 Å². The first-order chi connectivity index (χ1) is 17.0. The van der Waals surface area contributed by atoms with Crippen molar-refractivity contribution in [1.82, 2.24) is 20.9 Å². The summed E-state index contributed by atoms with van der Waals surface area (Å²) in [6.07, 6.45) is 2.63. The Morgan fingerprint density at radius 1 is 1.08 bits per heavy atom. The van der Waals surface area contributed by atoms with E-state index in [-0.39, 0.29) is 11.7 Å². The summed E-state index contributed by atoms with van der Waals surface area (Å²) in [5.74, 6) is -4.91. The van der Waals surface area contributed by atoms with Gasteiger partial charge in [0, 0.05) is 12.3 Å². The van der Waals surface area contributed by atoms with Crippen LogP contribution in [0.2, 0.25) is 0 Å².